The molecule has 8 nitrogen and oxygen atoms in total. The van der Waals surface area contributed by atoms with Crippen molar-refractivity contribution in [1.82, 2.24) is 4.57 Å². The van der Waals surface area contributed by atoms with Gasteiger partial charge in [-0.1, -0.05) is 0 Å². The maximum atomic E-state index is 15.4. The fourth-order valence-electron chi connectivity index (χ4n) is 5.33. The number of nitrogens with two attached hydrogens (primary N) is 1. The number of aromatic nitrogens is 1. The standard InChI is InChI=1S/C21H24FN3O5/c1-29-18-15-12(17(26)13(19(27)28)6-25(15)11-3-4-11)5-14(22)16(18)24-9-20(23)7-21(8-20,10-24)30-2/h5-6,11H,3-4,7-10,23H2,1-2H3,(H,27,28). The van der Waals surface area contributed by atoms with Crippen molar-refractivity contribution in [3.63, 3.8) is 0 Å². The Morgan fingerprint density at radius 1 is 1.30 bits per heavy atom. The van der Waals surface area contributed by atoms with E-state index in [-0.39, 0.29) is 28.4 Å². The van der Waals surface area contributed by atoms with Crippen LogP contribution in [0.5, 0.6) is 5.75 Å². The number of piperidine rings is 2. The molecule has 0 atom stereocenters. The highest BCUT2D eigenvalue weighted by molar-refractivity contribution is 5.97. The lowest BCUT2D eigenvalue weighted by atomic mass is 9.61. The summed E-state index contributed by atoms with van der Waals surface area (Å²) in [5.41, 5.74) is 5.11. The third-order valence-electron chi connectivity index (χ3n) is 6.66. The Morgan fingerprint density at radius 2 is 2.00 bits per heavy atom. The van der Waals surface area contributed by atoms with E-state index in [1.807, 2.05) is 4.90 Å². The van der Waals surface area contributed by atoms with E-state index in [1.165, 1.54) is 13.3 Å². The number of carboxylic acid groups (broad SMARTS) is 1. The molecule has 3 N–H and O–H groups in total. The second-order valence-electron chi connectivity index (χ2n) is 8.91. The number of carbonyl (C=O) groups is 1. The zero-order valence-electron chi connectivity index (χ0n) is 16.9. The van der Waals surface area contributed by atoms with Crippen LogP contribution < -0.4 is 20.8 Å². The average Bonchev–Trinajstić information content (AvgIpc) is 3.51. The maximum absolute atomic E-state index is 15.4. The molecule has 2 aromatic rings. The number of ether oxygens (including phenoxy) is 2. The van der Waals surface area contributed by atoms with E-state index >= 15 is 4.39 Å². The number of hydrogen-bond acceptors (Lipinski definition) is 6. The van der Waals surface area contributed by atoms with Crippen LogP contribution in [0.4, 0.5) is 10.1 Å². The number of hydrogen-bond donors (Lipinski definition) is 2. The lowest BCUT2D eigenvalue weighted by molar-refractivity contribution is -0.125. The first-order valence-electron chi connectivity index (χ1n) is 9.98. The smallest absolute Gasteiger partial charge is 0.341 e. The number of halogens is 1. The van der Waals surface area contributed by atoms with Crippen molar-refractivity contribution < 1.29 is 23.8 Å². The third-order valence-corrected chi connectivity index (χ3v) is 6.66. The summed E-state index contributed by atoms with van der Waals surface area (Å²) in [5, 5.41) is 9.46. The van der Waals surface area contributed by atoms with Crippen LogP contribution >= 0.6 is 0 Å². The minimum Gasteiger partial charge on any atom is -0.492 e. The SMILES string of the molecule is COc1c(N2CC3(N)CC(OC)(C2)C3)c(F)cc2c(=O)c(C(=O)O)cn(C3CC3)c12. The van der Waals surface area contributed by atoms with Gasteiger partial charge in [0.1, 0.15) is 11.3 Å². The molecule has 0 radical (unpaired) electrons. The largest absolute Gasteiger partial charge is 0.492 e. The van der Waals surface area contributed by atoms with Gasteiger partial charge in [-0.05, 0) is 31.7 Å². The van der Waals surface area contributed by atoms with Gasteiger partial charge in [-0.3, -0.25) is 4.79 Å². The molecule has 2 saturated heterocycles. The fraction of sp³-hybridized carbons (Fsp3) is 0.524. The predicted molar refractivity (Wildman–Crippen MR) is 108 cm³/mol. The van der Waals surface area contributed by atoms with Crippen molar-refractivity contribution in [3.8, 4) is 5.75 Å². The zero-order chi connectivity index (χ0) is 21.4. The Bertz CT molecular complexity index is 1130. The topological polar surface area (TPSA) is 107 Å². The van der Waals surface area contributed by atoms with Crippen LogP contribution in [0.3, 0.4) is 0 Å². The molecule has 2 aliphatic heterocycles. The van der Waals surface area contributed by atoms with E-state index in [1.54, 1.807) is 11.7 Å². The van der Waals surface area contributed by atoms with Gasteiger partial charge in [-0.25, -0.2) is 9.18 Å². The maximum Gasteiger partial charge on any atom is 0.341 e. The van der Waals surface area contributed by atoms with E-state index < -0.39 is 28.4 Å². The Balaban J connectivity index is 1.76. The van der Waals surface area contributed by atoms with Crippen molar-refractivity contribution >= 4 is 22.6 Å². The lowest BCUT2D eigenvalue weighted by Crippen LogP contribution is -2.75. The van der Waals surface area contributed by atoms with Gasteiger partial charge in [0, 0.05) is 38.0 Å². The van der Waals surface area contributed by atoms with Crippen molar-refractivity contribution in [2.24, 2.45) is 5.73 Å². The number of nitrogens with zero attached hydrogens (tertiary/aromatic N) is 2. The highest BCUT2D eigenvalue weighted by Crippen LogP contribution is 2.51. The van der Waals surface area contributed by atoms with Crippen molar-refractivity contribution in [2.75, 3.05) is 32.2 Å². The molecule has 2 bridgehead atoms. The molecule has 6 rings (SSSR count). The van der Waals surface area contributed by atoms with Crippen molar-refractivity contribution in [2.45, 2.75) is 42.9 Å². The Hall–Kier alpha value is -2.65. The summed E-state index contributed by atoms with van der Waals surface area (Å²) in [6, 6.07) is 1.18. The van der Waals surface area contributed by atoms with E-state index in [0.29, 0.717) is 31.4 Å². The molecule has 0 amide bonds. The monoisotopic (exact) mass is 417 g/mol. The molecular weight excluding hydrogens is 393 g/mol. The fourth-order valence-corrected chi connectivity index (χ4v) is 5.33. The molecule has 30 heavy (non-hydrogen) atoms. The van der Waals surface area contributed by atoms with Crippen LogP contribution in [-0.4, -0.2) is 54.1 Å². The quantitative estimate of drug-likeness (QED) is 0.765. The normalized spacial score (nSPS) is 27.8. The second kappa shape index (κ2) is 6.18. The molecule has 0 spiro atoms. The van der Waals surface area contributed by atoms with E-state index in [4.69, 9.17) is 15.2 Å². The highest BCUT2D eigenvalue weighted by atomic mass is 19.1. The number of benzene rings is 1. The number of fused-ring (bicyclic) bond motifs is 3. The lowest BCUT2D eigenvalue weighted by Gasteiger charge is -2.61. The summed E-state index contributed by atoms with van der Waals surface area (Å²) < 4.78 is 28.5. The number of aromatic carboxylic acids is 1. The molecule has 1 aromatic heterocycles. The summed E-state index contributed by atoms with van der Waals surface area (Å²) in [6.45, 7) is 0.903. The summed E-state index contributed by atoms with van der Waals surface area (Å²) in [7, 11) is 3.06. The minimum atomic E-state index is -1.33. The molecule has 2 saturated carbocycles. The van der Waals surface area contributed by atoms with Gasteiger partial charge in [-0.2, -0.15) is 0 Å². The van der Waals surface area contributed by atoms with Crippen LogP contribution in [0, 0.1) is 5.82 Å². The summed E-state index contributed by atoms with van der Waals surface area (Å²) in [6.07, 6.45) is 4.48. The molecule has 4 aliphatic rings. The van der Waals surface area contributed by atoms with Crippen LogP contribution in [0.2, 0.25) is 0 Å². The first-order valence-corrected chi connectivity index (χ1v) is 9.98. The van der Waals surface area contributed by atoms with Crippen molar-refractivity contribution in [1.29, 1.82) is 0 Å². The van der Waals surface area contributed by atoms with Crippen LogP contribution in [0.25, 0.3) is 10.9 Å². The van der Waals surface area contributed by atoms with Gasteiger partial charge in [0.2, 0.25) is 5.43 Å². The molecular formula is C21H24FN3O5. The predicted octanol–water partition coefficient (Wildman–Crippen LogP) is 1.88. The molecule has 1 aromatic carbocycles. The Kier molecular flexibility index (Phi) is 3.98. The number of methoxy groups -OCH3 is 2. The summed E-state index contributed by atoms with van der Waals surface area (Å²) >= 11 is 0. The molecule has 9 heteroatoms. The van der Waals surface area contributed by atoms with Crippen LogP contribution in [0.1, 0.15) is 42.1 Å². The molecule has 2 aliphatic carbocycles. The van der Waals surface area contributed by atoms with Crippen molar-refractivity contribution in [3.05, 3.63) is 33.9 Å². The Morgan fingerprint density at radius 3 is 2.57 bits per heavy atom. The number of rotatable bonds is 5. The van der Waals surface area contributed by atoms with Gasteiger partial charge in [-0.15, -0.1) is 0 Å². The number of anilines is 1. The second-order valence-corrected chi connectivity index (χ2v) is 8.91. The van der Waals surface area contributed by atoms with Crippen LogP contribution in [-0.2, 0) is 4.74 Å². The molecule has 0 unspecified atom stereocenters. The number of carboxylic acids is 1. The zero-order valence-corrected chi connectivity index (χ0v) is 16.9. The first kappa shape index (κ1) is 19.3. The third kappa shape index (κ3) is 2.65. The molecule has 3 heterocycles. The average molecular weight is 417 g/mol. The molecule has 160 valence electrons. The summed E-state index contributed by atoms with van der Waals surface area (Å²) in [5.74, 6) is -1.75. The van der Waals surface area contributed by atoms with E-state index in [2.05, 4.69) is 0 Å². The minimum absolute atomic E-state index is 0.00554. The molecule has 4 fully saturated rings. The van der Waals surface area contributed by atoms with E-state index in [9.17, 15) is 14.7 Å². The first-order chi connectivity index (χ1) is 14.2. The van der Waals surface area contributed by atoms with Gasteiger partial charge in [0.15, 0.2) is 11.6 Å². The van der Waals surface area contributed by atoms with Gasteiger partial charge in [0.05, 0.1) is 23.6 Å². The van der Waals surface area contributed by atoms with E-state index in [0.717, 1.165) is 18.9 Å². The van der Waals surface area contributed by atoms with Crippen LogP contribution in [0.15, 0.2) is 17.1 Å². The van der Waals surface area contributed by atoms with Gasteiger partial charge in [0.25, 0.3) is 0 Å². The Labute approximate surface area is 172 Å². The highest BCUT2D eigenvalue weighted by Gasteiger charge is 2.59. The van der Waals surface area contributed by atoms with Gasteiger partial charge < -0.3 is 29.8 Å². The number of pyridine rings is 1. The van der Waals surface area contributed by atoms with Gasteiger partial charge >= 0.3 is 5.97 Å². The summed E-state index contributed by atoms with van der Waals surface area (Å²) in [4.78, 5) is 26.2.